The molecule has 1 amide bonds. The molecule has 148 valence electrons. The fraction of sp³-hybridized carbons (Fsp3) is 0.435. The summed E-state index contributed by atoms with van der Waals surface area (Å²) >= 11 is 0. The normalized spacial score (nSPS) is 18.6. The maximum Gasteiger partial charge on any atom is 0.226 e. The maximum atomic E-state index is 12.8. The van der Waals surface area contributed by atoms with Crippen molar-refractivity contribution in [3.63, 3.8) is 0 Å². The molecule has 2 aliphatic rings. The number of hydrogen-bond acceptors (Lipinski definition) is 4. The van der Waals surface area contributed by atoms with Crippen LogP contribution in [0.3, 0.4) is 0 Å². The summed E-state index contributed by atoms with van der Waals surface area (Å²) < 4.78 is 17.4. The van der Waals surface area contributed by atoms with E-state index in [1.807, 2.05) is 48.2 Å². The van der Waals surface area contributed by atoms with Crippen molar-refractivity contribution in [2.75, 3.05) is 26.4 Å². The van der Waals surface area contributed by atoms with Crippen LogP contribution in [0.15, 0.2) is 42.5 Å². The third kappa shape index (κ3) is 4.08. The lowest BCUT2D eigenvalue weighted by atomic mass is 10.0. The van der Waals surface area contributed by atoms with Crippen molar-refractivity contribution in [2.45, 2.75) is 38.6 Å². The smallest absolute Gasteiger partial charge is 0.226 e. The predicted molar refractivity (Wildman–Crippen MR) is 107 cm³/mol. The Bertz CT molecular complexity index is 835. The first-order valence-corrected chi connectivity index (χ1v) is 10.1. The molecule has 2 aromatic rings. The summed E-state index contributed by atoms with van der Waals surface area (Å²) in [5, 5.41) is 0. The van der Waals surface area contributed by atoms with Gasteiger partial charge in [-0.1, -0.05) is 24.3 Å². The van der Waals surface area contributed by atoms with Crippen LogP contribution in [0.1, 0.15) is 42.9 Å². The number of nitrogens with zero attached hydrogens (tertiary/aromatic N) is 1. The number of ether oxygens (including phenoxy) is 3. The summed E-state index contributed by atoms with van der Waals surface area (Å²) in [6.45, 7) is 4.55. The van der Waals surface area contributed by atoms with Crippen LogP contribution in [0, 0.1) is 6.92 Å². The molecule has 1 fully saturated rings. The van der Waals surface area contributed by atoms with Gasteiger partial charge in [-0.2, -0.15) is 0 Å². The molecule has 2 heterocycles. The summed E-state index contributed by atoms with van der Waals surface area (Å²) in [4.78, 5) is 14.8. The lowest BCUT2D eigenvalue weighted by Crippen LogP contribution is -2.31. The zero-order chi connectivity index (χ0) is 19.3. The fourth-order valence-corrected chi connectivity index (χ4v) is 3.91. The van der Waals surface area contributed by atoms with Crippen molar-refractivity contribution in [1.82, 2.24) is 4.90 Å². The number of carbonyl (C=O) groups excluding carboxylic acids is 1. The standard InChI is InChI=1S/C23H27NO4/c1-17-6-2-3-8-20(17)28-15-11-23(25)24-12-4-7-19(24)18-9-10-21-22(16-18)27-14-5-13-26-21/h2-3,6,8-10,16,19H,4-5,7,11-15H2,1H3/t19-/m0/s1. The summed E-state index contributed by atoms with van der Waals surface area (Å²) in [6.07, 6.45) is 3.27. The van der Waals surface area contributed by atoms with Gasteiger partial charge in [0, 0.05) is 13.0 Å². The highest BCUT2D eigenvalue weighted by molar-refractivity contribution is 5.77. The molecule has 0 bridgehead atoms. The second-order valence-corrected chi connectivity index (χ2v) is 7.37. The van der Waals surface area contributed by atoms with Crippen molar-refractivity contribution in [2.24, 2.45) is 0 Å². The lowest BCUT2D eigenvalue weighted by Gasteiger charge is -2.26. The number of likely N-dealkylation sites (tertiary alicyclic amines) is 1. The van der Waals surface area contributed by atoms with Gasteiger partial charge >= 0.3 is 0 Å². The molecule has 28 heavy (non-hydrogen) atoms. The van der Waals surface area contributed by atoms with Crippen molar-refractivity contribution in [1.29, 1.82) is 0 Å². The lowest BCUT2D eigenvalue weighted by molar-refractivity contribution is -0.132. The first-order valence-electron chi connectivity index (χ1n) is 10.1. The van der Waals surface area contributed by atoms with Crippen LogP contribution < -0.4 is 14.2 Å². The highest BCUT2D eigenvalue weighted by Gasteiger charge is 2.30. The molecule has 1 saturated heterocycles. The number of aryl methyl sites for hydroxylation is 1. The van der Waals surface area contributed by atoms with Gasteiger partial charge in [0.15, 0.2) is 11.5 Å². The van der Waals surface area contributed by atoms with E-state index in [4.69, 9.17) is 14.2 Å². The van der Waals surface area contributed by atoms with Gasteiger partial charge in [-0.15, -0.1) is 0 Å². The van der Waals surface area contributed by atoms with Gasteiger partial charge in [-0.3, -0.25) is 4.79 Å². The molecule has 0 unspecified atom stereocenters. The highest BCUT2D eigenvalue weighted by Crippen LogP contribution is 2.38. The van der Waals surface area contributed by atoms with Crippen LogP contribution in [-0.4, -0.2) is 37.2 Å². The van der Waals surface area contributed by atoms with Gasteiger partial charge in [-0.05, 0) is 49.1 Å². The fourth-order valence-electron chi connectivity index (χ4n) is 3.91. The Morgan fingerprint density at radius 1 is 1.11 bits per heavy atom. The number of benzene rings is 2. The monoisotopic (exact) mass is 381 g/mol. The van der Waals surface area contributed by atoms with Crippen LogP contribution >= 0.6 is 0 Å². The summed E-state index contributed by atoms with van der Waals surface area (Å²) in [6, 6.07) is 14.1. The Hall–Kier alpha value is -2.69. The van der Waals surface area contributed by atoms with Crippen LogP contribution in [0.5, 0.6) is 17.2 Å². The Morgan fingerprint density at radius 3 is 2.79 bits per heavy atom. The largest absolute Gasteiger partial charge is 0.493 e. The zero-order valence-corrected chi connectivity index (χ0v) is 16.4. The molecule has 0 saturated carbocycles. The minimum absolute atomic E-state index is 0.100. The van der Waals surface area contributed by atoms with E-state index < -0.39 is 0 Å². The quantitative estimate of drug-likeness (QED) is 0.775. The van der Waals surface area contributed by atoms with E-state index in [1.54, 1.807) is 0 Å². The van der Waals surface area contributed by atoms with Crippen LogP contribution in [-0.2, 0) is 4.79 Å². The Balaban J connectivity index is 1.39. The molecule has 0 spiro atoms. The third-order valence-corrected chi connectivity index (χ3v) is 5.40. The van der Waals surface area contributed by atoms with Crippen LogP contribution in [0.2, 0.25) is 0 Å². The molecule has 0 aromatic heterocycles. The highest BCUT2D eigenvalue weighted by atomic mass is 16.5. The number of hydrogen-bond donors (Lipinski definition) is 0. The topological polar surface area (TPSA) is 48.0 Å². The number of carbonyl (C=O) groups is 1. The first-order chi connectivity index (χ1) is 13.7. The number of rotatable bonds is 5. The molecule has 5 heteroatoms. The Labute approximate surface area is 166 Å². The summed E-state index contributed by atoms with van der Waals surface area (Å²) in [5.41, 5.74) is 2.20. The minimum atomic E-state index is 0.100. The molecule has 0 radical (unpaired) electrons. The molecule has 2 aromatic carbocycles. The predicted octanol–water partition coefficient (Wildman–Crippen LogP) is 4.29. The van der Waals surface area contributed by atoms with Crippen molar-refractivity contribution in [3.05, 3.63) is 53.6 Å². The van der Waals surface area contributed by atoms with Gasteiger partial charge in [0.05, 0.1) is 32.3 Å². The van der Waals surface area contributed by atoms with Gasteiger partial charge < -0.3 is 19.1 Å². The number of para-hydroxylation sites is 1. The molecule has 1 atom stereocenters. The van der Waals surface area contributed by atoms with Crippen molar-refractivity contribution < 1.29 is 19.0 Å². The molecule has 5 nitrogen and oxygen atoms in total. The van der Waals surface area contributed by atoms with Gasteiger partial charge in [0.1, 0.15) is 5.75 Å². The minimum Gasteiger partial charge on any atom is -0.493 e. The maximum absolute atomic E-state index is 12.8. The second kappa shape index (κ2) is 8.55. The number of amides is 1. The van der Waals surface area contributed by atoms with Crippen molar-refractivity contribution in [3.8, 4) is 17.2 Å². The Kier molecular flexibility index (Phi) is 5.70. The van der Waals surface area contributed by atoms with Crippen molar-refractivity contribution >= 4 is 5.91 Å². The third-order valence-electron chi connectivity index (χ3n) is 5.40. The van der Waals surface area contributed by atoms with E-state index in [2.05, 4.69) is 6.07 Å². The van der Waals surface area contributed by atoms with Gasteiger partial charge in [0.2, 0.25) is 5.91 Å². The first kappa shape index (κ1) is 18.7. The van der Waals surface area contributed by atoms with E-state index in [-0.39, 0.29) is 11.9 Å². The molecule has 0 N–H and O–H groups in total. The SMILES string of the molecule is Cc1ccccc1OCCC(=O)N1CCC[C@H]1c1ccc2c(c1)OCCCO2. The van der Waals surface area contributed by atoms with E-state index in [0.717, 1.165) is 54.2 Å². The van der Waals surface area contributed by atoms with Gasteiger partial charge in [0.25, 0.3) is 0 Å². The van der Waals surface area contributed by atoms with E-state index in [1.165, 1.54) is 0 Å². The van der Waals surface area contributed by atoms with E-state index in [9.17, 15) is 4.79 Å². The van der Waals surface area contributed by atoms with E-state index >= 15 is 0 Å². The molecule has 4 rings (SSSR count). The second-order valence-electron chi connectivity index (χ2n) is 7.37. The van der Waals surface area contributed by atoms with E-state index in [0.29, 0.717) is 26.2 Å². The van der Waals surface area contributed by atoms with Gasteiger partial charge in [-0.25, -0.2) is 0 Å². The Morgan fingerprint density at radius 2 is 1.93 bits per heavy atom. The molecular formula is C23H27NO4. The zero-order valence-electron chi connectivity index (χ0n) is 16.4. The molecule has 2 aliphatic heterocycles. The summed E-state index contributed by atoms with van der Waals surface area (Å²) in [5.74, 6) is 2.57. The average Bonchev–Trinajstić information content (AvgIpc) is 3.08. The van der Waals surface area contributed by atoms with Crippen LogP contribution in [0.25, 0.3) is 0 Å². The molecule has 0 aliphatic carbocycles. The summed E-state index contributed by atoms with van der Waals surface area (Å²) in [7, 11) is 0. The van der Waals surface area contributed by atoms with Crippen LogP contribution in [0.4, 0.5) is 0 Å². The average molecular weight is 381 g/mol. The number of fused-ring (bicyclic) bond motifs is 1. The molecular weight excluding hydrogens is 354 g/mol.